The van der Waals surface area contributed by atoms with Crippen LogP contribution in [0.1, 0.15) is 11.9 Å². The minimum absolute atomic E-state index is 0.0368. The van der Waals surface area contributed by atoms with Gasteiger partial charge in [0, 0.05) is 13.1 Å². The summed E-state index contributed by atoms with van der Waals surface area (Å²) < 4.78 is 4.80. The first kappa shape index (κ1) is 12.3. The molecule has 2 rings (SSSR count). The Morgan fingerprint density at radius 2 is 2.35 bits per heavy atom. The summed E-state index contributed by atoms with van der Waals surface area (Å²) in [6, 6.07) is 0. The van der Waals surface area contributed by atoms with Gasteiger partial charge in [-0.3, -0.25) is 9.69 Å². The van der Waals surface area contributed by atoms with Crippen molar-refractivity contribution in [1.29, 1.82) is 0 Å². The van der Waals surface area contributed by atoms with Crippen molar-refractivity contribution in [3.63, 3.8) is 0 Å². The van der Waals surface area contributed by atoms with E-state index in [0.29, 0.717) is 24.1 Å². The van der Waals surface area contributed by atoms with Crippen LogP contribution in [0.3, 0.4) is 0 Å². The van der Waals surface area contributed by atoms with Gasteiger partial charge in [-0.15, -0.1) is 10.2 Å². The molecule has 0 radical (unpaired) electrons. The summed E-state index contributed by atoms with van der Waals surface area (Å²) in [5.41, 5.74) is 5.53. The minimum Gasteiger partial charge on any atom is -0.469 e. The Balaban J connectivity index is 1.95. The smallest absolute Gasteiger partial charge is 0.310 e. The standard InChI is InChI=1S/C10H16N4O2S/c1-6-3-14(4-7(6)9(15)16-2)5-8-12-13-10(11)17-8/h6-7H,3-5H2,1-2H3,(H2,11,13). The maximum atomic E-state index is 11.5. The van der Waals surface area contributed by atoms with E-state index >= 15 is 0 Å². The van der Waals surface area contributed by atoms with Crippen LogP contribution in [0.25, 0.3) is 0 Å². The molecule has 0 saturated carbocycles. The Labute approximate surface area is 104 Å². The lowest BCUT2D eigenvalue weighted by molar-refractivity contribution is -0.146. The largest absolute Gasteiger partial charge is 0.469 e. The highest BCUT2D eigenvalue weighted by Gasteiger charge is 2.35. The first-order chi connectivity index (χ1) is 8.10. The Bertz CT molecular complexity index is 409. The second kappa shape index (κ2) is 4.97. The summed E-state index contributed by atoms with van der Waals surface area (Å²) in [7, 11) is 1.43. The van der Waals surface area contributed by atoms with Crippen LogP contribution in [-0.2, 0) is 16.1 Å². The Morgan fingerprint density at radius 3 is 2.94 bits per heavy atom. The van der Waals surface area contributed by atoms with Crippen molar-refractivity contribution >= 4 is 22.4 Å². The molecule has 0 bridgehead atoms. The molecule has 0 spiro atoms. The Morgan fingerprint density at radius 1 is 1.59 bits per heavy atom. The molecule has 1 aromatic heterocycles. The Kier molecular flexibility index (Phi) is 3.58. The zero-order valence-corrected chi connectivity index (χ0v) is 10.7. The number of likely N-dealkylation sites (tertiary alicyclic amines) is 1. The number of rotatable bonds is 3. The first-order valence-corrected chi connectivity index (χ1v) is 6.30. The fourth-order valence-corrected chi connectivity index (χ4v) is 2.83. The number of nitrogens with zero attached hydrogens (tertiary/aromatic N) is 3. The molecule has 2 N–H and O–H groups in total. The molecule has 0 aromatic carbocycles. The van der Waals surface area contributed by atoms with Crippen molar-refractivity contribution in [3.05, 3.63) is 5.01 Å². The van der Waals surface area contributed by atoms with Crippen molar-refractivity contribution in [1.82, 2.24) is 15.1 Å². The maximum absolute atomic E-state index is 11.5. The van der Waals surface area contributed by atoms with Crippen LogP contribution in [0.5, 0.6) is 0 Å². The molecular weight excluding hydrogens is 240 g/mol. The van der Waals surface area contributed by atoms with Gasteiger partial charge in [0.2, 0.25) is 5.13 Å². The second-order valence-corrected chi connectivity index (χ2v) is 5.43. The van der Waals surface area contributed by atoms with E-state index in [4.69, 9.17) is 10.5 Å². The molecule has 1 fully saturated rings. The number of hydrogen-bond acceptors (Lipinski definition) is 7. The number of nitrogens with two attached hydrogens (primary N) is 1. The number of carbonyl (C=O) groups is 1. The molecule has 1 saturated heterocycles. The third kappa shape index (κ3) is 2.73. The molecule has 2 unspecified atom stereocenters. The van der Waals surface area contributed by atoms with E-state index in [1.54, 1.807) is 0 Å². The molecule has 94 valence electrons. The highest BCUT2D eigenvalue weighted by Crippen LogP contribution is 2.26. The van der Waals surface area contributed by atoms with Crippen LogP contribution in [0, 0.1) is 11.8 Å². The summed E-state index contributed by atoms with van der Waals surface area (Å²) in [6.07, 6.45) is 0. The molecule has 1 aromatic rings. The van der Waals surface area contributed by atoms with Gasteiger partial charge in [0.1, 0.15) is 5.01 Å². The van der Waals surface area contributed by atoms with Gasteiger partial charge in [-0.25, -0.2) is 0 Å². The predicted octanol–water partition coefficient (Wildman–Crippen LogP) is 0.361. The molecule has 17 heavy (non-hydrogen) atoms. The lowest BCUT2D eigenvalue weighted by Gasteiger charge is -2.12. The van der Waals surface area contributed by atoms with Crippen LogP contribution in [0.4, 0.5) is 5.13 Å². The van der Waals surface area contributed by atoms with Gasteiger partial charge in [-0.2, -0.15) is 0 Å². The fourth-order valence-electron chi connectivity index (χ4n) is 2.18. The van der Waals surface area contributed by atoms with E-state index in [-0.39, 0.29) is 11.9 Å². The van der Waals surface area contributed by atoms with Gasteiger partial charge in [0.05, 0.1) is 19.6 Å². The lowest BCUT2D eigenvalue weighted by Crippen LogP contribution is -2.24. The van der Waals surface area contributed by atoms with Crippen LogP contribution in [0.15, 0.2) is 0 Å². The normalized spacial score (nSPS) is 25.1. The summed E-state index contributed by atoms with van der Waals surface area (Å²) >= 11 is 1.39. The average molecular weight is 256 g/mol. The van der Waals surface area contributed by atoms with Crippen LogP contribution >= 0.6 is 11.3 Å². The predicted molar refractivity (Wildman–Crippen MR) is 64.3 cm³/mol. The van der Waals surface area contributed by atoms with E-state index in [9.17, 15) is 4.79 Å². The monoisotopic (exact) mass is 256 g/mol. The van der Waals surface area contributed by atoms with E-state index in [1.807, 2.05) is 0 Å². The van der Waals surface area contributed by atoms with Crippen LogP contribution in [-0.4, -0.2) is 41.3 Å². The van der Waals surface area contributed by atoms with Crippen molar-refractivity contribution in [2.75, 3.05) is 25.9 Å². The third-order valence-electron chi connectivity index (χ3n) is 3.03. The van der Waals surface area contributed by atoms with Crippen LogP contribution < -0.4 is 5.73 Å². The van der Waals surface area contributed by atoms with Gasteiger partial charge in [0.15, 0.2) is 0 Å². The van der Waals surface area contributed by atoms with Crippen molar-refractivity contribution in [2.24, 2.45) is 11.8 Å². The van der Waals surface area contributed by atoms with E-state index < -0.39 is 0 Å². The molecule has 0 aliphatic carbocycles. The van der Waals surface area contributed by atoms with Gasteiger partial charge < -0.3 is 10.5 Å². The quantitative estimate of drug-likeness (QED) is 0.786. The zero-order chi connectivity index (χ0) is 12.4. The molecule has 0 amide bonds. The van der Waals surface area contributed by atoms with Gasteiger partial charge >= 0.3 is 5.97 Å². The molecule has 7 heteroatoms. The number of nitrogen functional groups attached to an aromatic ring is 1. The van der Waals surface area contributed by atoms with Crippen LogP contribution in [0.2, 0.25) is 0 Å². The van der Waals surface area contributed by atoms with E-state index in [2.05, 4.69) is 22.0 Å². The molecule has 2 atom stereocenters. The Hall–Kier alpha value is -1.21. The average Bonchev–Trinajstić information content (AvgIpc) is 2.85. The molecule has 1 aliphatic heterocycles. The number of anilines is 1. The zero-order valence-electron chi connectivity index (χ0n) is 9.92. The molecule has 6 nitrogen and oxygen atoms in total. The third-order valence-corrected chi connectivity index (χ3v) is 3.77. The maximum Gasteiger partial charge on any atom is 0.310 e. The first-order valence-electron chi connectivity index (χ1n) is 5.48. The number of ether oxygens (including phenoxy) is 1. The summed E-state index contributed by atoms with van der Waals surface area (Å²) in [5, 5.41) is 9.13. The number of carbonyl (C=O) groups excluding carboxylic acids is 1. The summed E-state index contributed by atoms with van der Waals surface area (Å²) in [6.45, 7) is 4.36. The number of aromatic nitrogens is 2. The number of methoxy groups -OCH3 is 1. The summed E-state index contributed by atoms with van der Waals surface area (Å²) in [4.78, 5) is 13.7. The highest BCUT2D eigenvalue weighted by molar-refractivity contribution is 7.15. The summed E-state index contributed by atoms with van der Waals surface area (Å²) in [5.74, 6) is 0.148. The molecule has 2 heterocycles. The topological polar surface area (TPSA) is 81.3 Å². The van der Waals surface area contributed by atoms with Crippen molar-refractivity contribution in [2.45, 2.75) is 13.5 Å². The van der Waals surface area contributed by atoms with Gasteiger partial charge in [-0.05, 0) is 5.92 Å². The van der Waals surface area contributed by atoms with E-state index in [0.717, 1.165) is 11.6 Å². The molecular formula is C10H16N4O2S. The number of hydrogen-bond donors (Lipinski definition) is 1. The molecule has 1 aliphatic rings. The van der Waals surface area contributed by atoms with Gasteiger partial charge in [-0.1, -0.05) is 18.3 Å². The highest BCUT2D eigenvalue weighted by atomic mass is 32.1. The fraction of sp³-hybridized carbons (Fsp3) is 0.700. The second-order valence-electron chi connectivity index (χ2n) is 4.34. The SMILES string of the molecule is COC(=O)C1CN(Cc2nnc(N)s2)CC1C. The lowest BCUT2D eigenvalue weighted by atomic mass is 9.99. The van der Waals surface area contributed by atoms with Crippen molar-refractivity contribution < 1.29 is 9.53 Å². The van der Waals surface area contributed by atoms with E-state index in [1.165, 1.54) is 18.4 Å². The number of esters is 1. The van der Waals surface area contributed by atoms with Gasteiger partial charge in [0.25, 0.3) is 0 Å². The minimum atomic E-state index is -0.128. The van der Waals surface area contributed by atoms with Crippen molar-refractivity contribution in [3.8, 4) is 0 Å².